The highest BCUT2D eigenvalue weighted by molar-refractivity contribution is 4.79. The van der Waals surface area contributed by atoms with Crippen molar-refractivity contribution in [3.05, 3.63) is 0 Å². The second-order valence-electron chi connectivity index (χ2n) is 4.44. The van der Waals surface area contributed by atoms with Crippen molar-refractivity contribution in [1.82, 2.24) is 4.90 Å². The number of nitrogens with zero attached hydrogens (tertiary/aromatic N) is 2. The van der Waals surface area contributed by atoms with E-state index in [0.717, 1.165) is 45.3 Å². The summed E-state index contributed by atoms with van der Waals surface area (Å²) in [6, 6.07) is 2.17. The average Bonchev–Trinajstić information content (AvgIpc) is 2.26. The predicted octanol–water partition coefficient (Wildman–Crippen LogP) is 1.77. The standard InChI is InChI=1S/C12H22N2O/c1-2-11-10-14(9-6-12(11)15)8-5-3-4-7-13/h11-12,15H,2-6,8-10H2,1H3. The van der Waals surface area contributed by atoms with Gasteiger partial charge in [0.15, 0.2) is 0 Å². The van der Waals surface area contributed by atoms with Gasteiger partial charge in [-0.15, -0.1) is 0 Å². The Kier molecular flexibility index (Phi) is 5.67. The monoisotopic (exact) mass is 210 g/mol. The molecule has 0 bridgehead atoms. The highest BCUT2D eigenvalue weighted by Crippen LogP contribution is 2.20. The molecule has 3 heteroatoms. The fourth-order valence-electron chi connectivity index (χ4n) is 2.24. The molecular formula is C12H22N2O. The molecule has 0 spiro atoms. The Labute approximate surface area is 92.7 Å². The van der Waals surface area contributed by atoms with Gasteiger partial charge in [-0.05, 0) is 38.1 Å². The van der Waals surface area contributed by atoms with Crippen LogP contribution in [0.1, 0.15) is 39.0 Å². The minimum absolute atomic E-state index is 0.0923. The van der Waals surface area contributed by atoms with E-state index in [1.54, 1.807) is 0 Å². The quantitative estimate of drug-likeness (QED) is 0.703. The maximum Gasteiger partial charge on any atom is 0.0621 e. The molecule has 3 nitrogen and oxygen atoms in total. The van der Waals surface area contributed by atoms with Crippen LogP contribution in [0.3, 0.4) is 0 Å². The first kappa shape index (κ1) is 12.5. The molecule has 1 saturated heterocycles. The largest absolute Gasteiger partial charge is 0.393 e. The molecule has 0 aliphatic carbocycles. The van der Waals surface area contributed by atoms with E-state index in [2.05, 4.69) is 17.9 Å². The molecule has 0 aromatic heterocycles. The maximum atomic E-state index is 9.73. The summed E-state index contributed by atoms with van der Waals surface area (Å²) in [5, 5.41) is 18.1. The van der Waals surface area contributed by atoms with Crippen molar-refractivity contribution in [2.24, 2.45) is 5.92 Å². The lowest BCUT2D eigenvalue weighted by Crippen LogP contribution is -2.43. The van der Waals surface area contributed by atoms with Gasteiger partial charge in [-0.3, -0.25) is 0 Å². The molecule has 86 valence electrons. The molecule has 0 saturated carbocycles. The molecule has 0 aromatic rings. The summed E-state index contributed by atoms with van der Waals surface area (Å²) in [5.74, 6) is 0.453. The molecule has 1 fully saturated rings. The summed E-state index contributed by atoms with van der Waals surface area (Å²) in [4.78, 5) is 2.43. The first-order valence-corrected chi connectivity index (χ1v) is 6.05. The van der Waals surface area contributed by atoms with E-state index >= 15 is 0 Å². The van der Waals surface area contributed by atoms with Crippen LogP contribution < -0.4 is 0 Å². The molecule has 15 heavy (non-hydrogen) atoms. The van der Waals surface area contributed by atoms with Crippen molar-refractivity contribution in [2.45, 2.75) is 45.1 Å². The lowest BCUT2D eigenvalue weighted by atomic mass is 9.92. The Bertz CT molecular complexity index is 212. The minimum atomic E-state index is -0.0923. The van der Waals surface area contributed by atoms with Crippen LogP contribution >= 0.6 is 0 Å². The maximum absolute atomic E-state index is 9.73. The second-order valence-corrected chi connectivity index (χ2v) is 4.44. The molecule has 1 aliphatic rings. The van der Waals surface area contributed by atoms with Gasteiger partial charge in [-0.1, -0.05) is 6.92 Å². The average molecular weight is 210 g/mol. The zero-order valence-corrected chi connectivity index (χ0v) is 9.65. The number of rotatable bonds is 5. The molecule has 1 aliphatic heterocycles. The van der Waals surface area contributed by atoms with E-state index in [4.69, 9.17) is 5.26 Å². The first-order chi connectivity index (χ1) is 7.27. The highest BCUT2D eigenvalue weighted by atomic mass is 16.3. The van der Waals surface area contributed by atoms with Gasteiger partial charge in [0.25, 0.3) is 0 Å². The zero-order valence-electron chi connectivity index (χ0n) is 9.65. The van der Waals surface area contributed by atoms with Gasteiger partial charge in [0, 0.05) is 19.5 Å². The fraction of sp³-hybridized carbons (Fsp3) is 0.917. The molecule has 1 rings (SSSR count). The van der Waals surface area contributed by atoms with Gasteiger partial charge in [0.1, 0.15) is 0 Å². The second kappa shape index (κ2) is 6.81. The number of aliphatic hydroxyl groups is 1. The topological polar surface area (TPSA) is 47.3 Å². The van der Waals surface area contributed by atoms with Crippen LogP contribution in [0.5, 0.6) is 0 Å². The number of aliphatic hydroxyl groups excluding tert-OH is 1. The SMILES string of the molecule is CCC1CN(CCCCC#N)CCC1O. The summed E-state index contributed by atoms with van der Waals surface area (Å²) in [6.45, 7) is 5.28. The molecule has 0 amide bonds. The van der Waals surface area contributed by atoms with E-state index in [9.17, 15) is 5.11 Å². The Hall–Kier alpha value is -0.590. The molecule has 0 radical (unpaired) electrons. The van der Waals surface area contributed by atoms with Gasteiger partial charge >= 0.3 is 0 Å². The number of piperidine rings is 1. The smallest absolute Gasteiger partial charge is 0.0621 e. The normalized spacial score (nSPS) is 27.5. The Morgan fingerprint density at radius 1 is 1.47 bits per heavy atom. The number of nitriles is 1. The lowest BCUT2D eigenvalue weighted by molar-refractivity contribution is 0.0247. The molecule has 1 heterocycles. The van der Waals surface area contributed by atoms with Crippen LogP contribution in [0.15, 0.2) is 0 Å². The molecule has 1 N–H and O–H groups in total. The van der Waals surface area contributed by atoms with Gasteiger partial charge in [-0.25, -0.2) is 0 Å². The van der Waals surface area contributed by atoms with Crippen molar-refractivity contribution >= 4 is 0 Å². The van der Waals surface area contributed by atoms with E-state index in [0.29, 0.717) is 12.3 Å². The third kappa shape index (κ3) is 4.19. The number of hydrogen-bond acceptors (Lipinski definition) is 3. The van der Waals surface area contributed by atoms with Crippen molar-refractivity contribution in [3.63, 3.8) is 0 Å². The van der Waals surface area contributed by atoms with Crippen LogP contribution in [0.2, 0.25) is 0 Å². The number of hydrogen-bond donors (Lipinski definition) is 1. The summed E-state index contributed by atoms with van der Waals surface area (Å²) in [6.07, 6.45) is 4.68. The fourth-order valence-corrected chi connectivity index (χ4v) is 2.24. The van der Waals surface area contributed by atoms with Crippen LogP contribution in [-0.4, -0.2) is 35.7 Å². The minimum Gasteiger partial charge on any atom is -0.393 e. The van der Waals surface area contributed by atoms with E-state index in [-0.39, 0.29) is 6.10 Å². The Morgan fingerprint density at radius 3 is 2.93 bits per heavy atom. The van der Waals surface area contributed by atoms with Gasteiger partial charge in [0.05, 0.1) is 12.2 Å². The van der Waals surface area contributed by atoms with E-state index < -0.39 is 0 Å². The molecule has 0 aromatic carbocycles. The van der Waals surface area contributed by atoms with Crippen LogP contribution in [0, 0.1) is 17.2 Å². The van der Waals surface area contributed by atoms with E-state index in [1.165, 1.54) is 0 Å². The third-order valence-electron chi connectivity index (χ3n) is 3.32. The van der Waals surface area contributed by atoms with Crippen molar-refractivity contribution in [2.75, 3.05) is 19.6 Å². The van der Waals surface area contributed by atoms with Crippen LogP contribution in [-0.2, 0) is 0 Å². The highest BCUT2D eigenvalue weighted by Gasteiger charge is 2.25. The third-order valence-corrected chi connectivity index (χ3v) is 3.32. The molecule has 2 unspecified atom stereocenters. The Morgan fingerprint density at radius 2 is 2.27 bits per heavy atom. The van der Waals surface area contributed by atoms with Gasteiger partial charge < -0.3 is 10.0 Å². The van der Waals surface area contributed by atoms with Crippen LogP contribution in [0.4, 0.5) is 0 Å². The van der Waals surface area contributed by atoms with Gasteiger partial charge in [0.2, 0.25) is 0 Å². The van der Waals surface area contributed by atoms with Crippen LogP contribution in [0.25, 0.3) is 0 Å². The summed E-state index contributed by atoms with van der Waals surface area (Å²) >= 11 is 0. The number of unbranched alkanes of at least 4 members (excludes halogenated alkanes) is 2. The summed E-state index contributed by atoms with van der Waals surface area (Å²) < 4.78 is 0. The van der Waals surface area contributed by atoms with Crippen molar-refractivity contribution < 1.29 is 5.11 Å². The van der Waals surface area contributed by atoms with Crippen molar-refractivity contribution in [1.29, 1.82) is 5.26 Å². The summed E-state index contributed by atoms with van der Waals surface area (Å²) in [7, 11) is 0. The zero-order chi connectivity index (χ0) is 11.1. The Balaban J connectivity index is 2.18. The number of likely N-dealkylation sites (tertiary alicyclic amines) is 1. The molecular weight excluding hydrogens is 188 g/mol. The molecule has 2 atom stereocenters. The van der Waals surface area contributed by atoms with E-state index in [1.807, 2.05) is 0 Å². The van der Waals surface area contributed by atoms with Gasteiger partial charge in [-0.2, -0.15) is 5.26 Å². The first-order valence-electron chi connectivity index (χ1n) is 6.05. The summed E-state index contributed by atoms with van der Waals surface area (Å²) in [5.41, 5.74) is 0. The van der Waals surface area contributed by atoms with Crippen molar-refractivity contribution in [3.8, 4) is 6.07 Å². The predicted molar refractivity (Wildman–Crippen MR) is 60.3 cm³/mol. The lowest BCUT2D eigenvalue weighted by Gasteiger charge is -2.35.